The van der Waals surface area contributed by atoms with E-state index in [2.05, 4.69) is 10.5 Å². The predicted molar refractivity (Wildman–Crippen MR) is 79.3 cm³/mol. The van der Waals surface area contributed by atoms with Crippen molar-refractivity contribution in [3.05, 3.63) is 64.7 Å². The number of rotatable bonds is 3. The number of amides is 1. The van der Waals surface area contributed by atoms with Crippen molar-refractivity contribution in [1.29, 1.82) is 0 Å². The third-order valence-electron chi connectivity index (χ3n) is 2.99. The van der Waals surface area contributed by atoms with Gasteiger partial charge < -0.3 is 5.11 Å². The SMILES string of the molecule is Cc1cc(/C=N/NC(=O)c2ccccc2)c(O)c(C(F)(F)F)c1. The topological polar surface area (TPSA) is 61.7 Å². The minimum Gasteiger partial charge on any atom is -0.507 e. The molecule has 0 saturated heterocycles. The summed E-state index contributed by atoms with van der Waals surface area (Å²) < 4.78 is 38.4. The Morgan fingerprint density at radius 3 is 2.48 bits per heavy atom. The Morgan fingerprint density at radius 1 is 1.22 bits per heavy atom. The third-order valence-corrected chi connectivity index (χ3v) is 2.99. The highest BCUT2D eigenvalue weighted by Crippen LogP contribution is 2.37. The number of halogens is 3. The van der Waals surface area contributed by atoms with Gasteiger partial charge in [0.1, 0.15) is 5.75 Å². The molecule has 0 saturated carbocycles. The molecular weight excluding hydrogens is 309 g/mol. The molecule has 0 spiro atoms. The van der Waals surface area contributed by atoms with E-state index in [0.29, 0.717) is 11.1 Å². The zero-order valence-electron chi connectivity index (χ0n) is 12.1. The lowest BCUT2D eigenvalue weighted by atomic mass is 10.0. The minimum atomic E-state index is -4.67. The van der Waals surface area contributed by atoms with Crippen LogP contribution in [0, 0.1) is 6.92 Å². The van der Waals surface area contributed by atoms with Gasteiger partial charge in [0.25, 0.3) is 5.91 Å². The quantitative estimate of drug-likeness (QED) is 0.671. The van der Waals surface area contributed by atoms with Gasteiger partial charge in [-0.3, -0.25) is 4.79 Å². The molecule has 2 aromatic rings. The van der Waals surface area contributed by atoms with Gasteiger partial charge in [0.2, 0.25) is 0 Å². The van der Waals surface area contributed by atoms with Gasteiger partial charge in [-0.25, -0.2) is 5.43 Å². The summed E-state index contributed by atoms with van der Waals surface area (Å²) in [6.07, 6.45) is -3.70. The number of alkyl halides is 3. The van der Waals surface area contributed by atoms with Crippen LogP contribution < -0.4 is 5.43 Å². The average Bonchev–Trinajstić information content (AvgIpc) is 2.50. The van der Waals surface area contributed by atoms with Crippen molar-refractivity contribution in [3.63, 3.8) is 0 Å². The number of hydrogen-bond donors (Lipinski definition) is 2. The van der Waals surface area contributed by atoms with Crippen molar-refractivity contribution >= 4 is 12.1 Å². The zero-order valence-corrected chi connectivity index (χ0v) is 12.1. The van der Waals surface area contributed by atoms with Gasteiger partial charge in [-0.1, -0.05) is 18.2 Å². The van der Waals surface area contributed by atoms with Crippen molar-refractivity contribution in [2.75, 3.05) is 0 Å². The van der Waals surface area contributed by atoms with Crippen molar-refractivity contribution in [2.24, 2.45) is 5.10 Å². The van der Waals surface area contributed by atoms with Gasteiger partial charge in [-0.15, -0.1) is 0 Å². The van der Waals surface area contributed by atoms with Crippen LogP contribution in [0.5, 0.6) is 5.75 Å². The van der Waals surface area contributed by atoms with E-state index < -0.39 is 23.4 Å². The van der Waals surface area contributed by atoms with Gasteiger partial charge in [-0.05, 0) is 36.8 Å². The van der Waals surface area contributed by atoms with E-state index in [0.717, 1.165) is 12.3 Å². The summed E-state index contributed by atoms with van der Waals surface area (Å²) in [4.78, 5) is 11.7. The monoisotopic (exact) mass is 322 g/mol. The Bertz CT molecular complexity index is 741. The number of aromatic hydroxyl groups is 1. The fraction of sp³-hybridized carbons (Fsp3) is 0.125. The molecule has 2 N–H and O–H groups in total. The lowest BCUT2D eigenvalue weighted by Gasteiger charge is -2.11. The number of carbonyl (C=O) groups excluding carboxylic acids is 1. The maximum absolute atomic E-state index is 12.8. The van der Waals surface area contributed by atoms with Crippen LogP contribution in [0.15, 0.2) is 47.6 Å². The minimum absolute atomic E-state index is 0.134. The van der Waals surface area contributed by atoms with Crippen LogP contribution in [-0.4, -0.2) is 17.2 Å². The Hall–Kier alpha value is -2.83. The van der Waals surface area contributed by atoms with Crippen LogP contribution in [0.1, 0.15) is 27.0 Å². The molecule has 0 heterocycles. The summed E-state index contributed by atoms with van der Waals surface area (Å²) in [5.41, 5.74) is 1.58. The molecule has 0 atom stereocenters. The molecular formula is C16H13F3N2O2. The molecule has 2 rings (SSSR count). The van der Waals surface area contributed by atoms with Crippen LogP contribution >= 0.6 is 0 Å². The first kappa shape index (κ1) is 16.5. The number of hydrazone groups is 1. The molecule has 0 unspecified atom stereocenters. The molecule has 7 heteroatoms. The van der Waals surface area contributed by atoms with Gasteiger partial charge in [0.15, 0.2) is 0 Å². The number of phenolic OH excluding ortho intramolecular Hbond substituents is 1. The highest BCUT2D eigenvalue weighted by atomic mass is 19.4. The van der Waals surface area contributed by atoms with E-state index in [1.54, 1.807) is 30.3 Å². The Kier molecular flexibility index (Phi) is 4.68. The number of benzene rings is 2. The molecule has 0 bridgehead atoms. The first-order valence-corrected chi connectivity index (χ1v) is 6.58. The maximum atomic E-state index is 12.8. The van der Waals surface area contributed by atoms with Crippen molar-refractivity contribution < 1.29 is 23.1 Å². The second-order valence-electron chi connectivity index (χ2n) is 4.81. The molecule has 4 nitrogen and oxygen atoms in total. The fourth-order valence-electron chi connectivity index (χ4n) is 1.94. The highest BCUT2D eigenvalue weighted by molar-refractivity contribution is 5.95. The first-order chi connectivity index (χ1) is 10.8. The van der Waals surface area contributed by atoms with Crippen LogP contribution in [0.25, 0.3) is 0 Å². The summed E-state index contributed by atoms with van der Waals surface area (Å²) in [5.74, 6) is -1.44. The Morgan fingerprint density at radius 2 is 1.87 bits per heavy atom. The predicted octanol–water partition coefficient (Wildman–Crippen LogP) is 3.48. The average molecular weight is 322 g/mol. The molecule has 0 aliphatic rings. The number of aryl methyl sites for hydroxylation is 1. The number of nitrogens with zero attached hydrogens (tertiary/aromatic N) is 1. The van der Waals surface area contributed by atoms with Crippen molar-refractivity contribution in [3.8, 4) is 5.75 Å². The van der Waals surface area contributed by atoms with E-state index in [4.69, 9.17) is 0 Å². The van der Waals surface area contributed by atoms with E-state index in [9.17, 15) is 23.1 Å². The summed E-state index contributed by atoms with van der Waals surface area (Å²) in [7, 11) is 0. The summed E-state index contributed by atoms with van der Waals surface area (Å²) >= 11 is 0. The number of phenols is 1. The third kappa shape index (κ3) is 4.09. The normalized spacial score (nSPS) is 11.7. The first-order valence-electron chi connectivity index (χ1n) is 6.58. The Balaban J connectivity index is 2.20. The van der Waals surface area contributed by atoms with E-state index in [-0.39, 0.29) is 5.56 Å². The number of carbonyl (C=O) groups is 1. The molecule has 23 heavy (non-hydrogen) atoms. The van der Waals surface area contributed by atoms with Crippen LogP contribution in [0.4, 0.5) is 13.2 Å². The van der Waals surface area contributed by atoms with Gasteiger partial charge in [0, 0.05) is 11.1 Å². The molecule has 2 aromatic carbocycles. The highest BCUT2D eigenvalue weighted by Gasteiger charge is 2.34. The molecule has 0 radical (unpaired) electrons. The lowest BCUT2D eigenvalue weighted by Crippen LogP contribution is -2.17. The van der Waals surface area contributed by atoms with E-state index in [1.807, 2.05) is 0 Å². The number of nitrogens with one attached hydrogen (secondary N) is 1. The van der Waals surface area contributed by atoms with Gasteiger partial charge in [0.05, 0.1) is 11.8 Å². The largest absolute Gasteiger partial charge is 0.507 e. The van der Waals surface area contributed by atoms with Crippen LogP contribution in [0.2, 0.25) is 0 Å². The molecule has 0 aliphatic heterocycles. The number of hydrogen-bond acceptors (Lipinski definition) is 3. The van der Waals surface area contributed by atoms with E-state index >= 15 is 0 Å². The molecule has 0 fully saturated rings. The molecule has 120 valence electrons. The fourth-order valence-corrected chi connectivity index (χ4v) is 1.94. The van der Waals surface area contributed by atoms with Crippen molar-refractivity contribution in [1.82, 2.24) is 5.43 Å². The molecule has 1 amide bonds. The van der Waals surface area contributed by atoms with Gasteiger partial charge >= 0.3 is 6.18 Å². The lowest BCUT2D eigenvalue weighted by molar-refractivity contribution is -0.138. The summed E-state index contributed by atoms with van der Waals surface area (Å²) in [5, 5.41) is 13.3. The van der Waals surface area contributed by atoms with Crippen LogP contribution in [0.3, 0.4) is 0 Å². The zero-order chi connectivity index (χ0) is 17.0. The maximum Gasteiger partial charge on any atom is 0.419 e. The summed E-state index contributed by atoms with van der Waals surface area (Å²) in [6.45, 7) is 1.47. The van der Waals surface area contributed by atoms with Gasteiger partial charge in [-0.2, -0.15) is 18.3 Å². The van der Waals surface area contributed by atoms with Crippen LogP contribution in [-0.2, 0) is 6.18 Å². The Labute approximate surface area is 130 Å². The molecule has 0 aliphatic carbocycles. The second-order valence-corrected chi connectivity index (χ2v) is 4.81. The standard InChI is InChI=1S/C16H13F3N2O2/c1-10-7-12(14(22)13(8-10)16(17,18)19)9-20-21-15(23)11-5-3-2-4-6-11/h2-9,22H,1H3,(H,21,23)/b20-9+. The second kappa shape index (κ2) is 6.51. The van der Waals surface area contributed by atoms with Crippen molar-refractivity contribution in [2.45, 2.75) is 13.1 Å². The molecule has 0 aromatic heterocycles. The summed E-state index contributed by atoms with van der Waals surface area (Å²) in [6, 6.07) is 10.4. The smallest absolute Gasteiger partial charge is 0.419 e. The van der Waals surface area contributed by atoms with E-state index in [1.165, 1.54) is 13.0 Å².